The van der Waals surface area contributed by atoms with Gasteiger partial charge in [0.25, 0.3) is 5.91 Å². The van der Waals surface area contributed by atoms with Crippen LogP contribution in [0.1, 0.15) is 27.2 Å². The summed E-state index contributed by atoms with van der Waals surface area (Å²) in [6, 6.07) is 0. The predicted molar refractivity (Wildman–Crippen MR) is 45.4 cm³/mol. The van der Waals surface area contributed by atoms with E-state index in [0.29, 0.717) is 12.0 Å². The predicted octanol–water partition coefficient (Wildman–Crippen LogP) is 1.10. The minimum atomic E-state index is -0.312. The number of amides is 2. The van der Waals surface area contributed by atoms with Gasteiger partial charge in [0.2, 0.25) is 5.91 Å². The molecular weight excluding hydrogens is 154 g/mol. The van der Waals surface area contributed by atoms with E-state index in [2.05, 4.69) is 6.58 Å². The zero-order valence-electron chi connectivity index (χ0n) is 7.68. The largest absolute Gasteiger partial charge is 0.274 e. The van der Waals surface area contributed by atoms with Crippen LogP contribution >= 0.6 is 0 Å². The topological polar surface area (TPSA) is 37.4 Å². The lowest BCUT2D eigenvalue weighted by atomic mass is 9.87. The summed E-state index contributed by atoms with van der Waals surface area (Å²) < 4.78 is 0. The van der Waals surface area contributed by atoms with Crippen LogP contribution in [0.2, 0.25) is 0 Å². The van der Waals surface area contributed by atoms with Crippen LogP contribution in [0.25, 0.3) is 0 Å². The summed E-state index contributed by atoms with van der Waals surface area (Å²) in [6.45, 7) is 8.87. The van der Waals surface area contributed by atoms with Crippen LogP contribution in [0.15, 0.2) is 12.2 Å². The molecule has 3 heteroatoms. The molecule has 0 aliphatic carbocycles. The van der Waals surface area contributed by atoms with Crippen molar-refractivity contribution in [1.82, 2.24) is 4.90 Å². The van der Waals surface area contributed by atoms with E-state index in [-0.39, 0.29) is 17.4 Å². The number of likely N-dealkylation sites (tertiary alicyclic amines) is 1. The molecule has 0 saturated carbocycles. The summed E-state index contributed by atoms with van der Waals surface area (Å²) in [6.07, 6.45) is 0.450. The molecule has 0 aromatic rings. The van der Waals surface area contributed by atoms with Crippen LogP contribution in [0.3, 0.4) is 0 Å². The van der Waals surface area contributed by atoms with Gasteiger partial charge in [-0.2, -0.15) is 0 Å². The fourth-order valence-corrected chi connectivity index (χ4v) is 1.35. The average molecular weight is 167 g/mol. The fraction of sp³-hybridized carbons (Fsp3) is 0.556. The van der Waals surface area contributed by atoms with E-state index in [1.165, 1.54) is 4.90 Å². The van der Waals surface area contributed by atoms with Crippen LogP contribution in [0.5, 0.6) is 0 Å². The number of β-lactam (4-membered cyclic amide) rings is 1. The van der Waals surface area contributed by atoms with E-state index < -0.39 is 0 Å². The molecule has 0 atom stereocenters. The molecule has 1 rings (SSSR count). The van der Waals surface area contributed by atoms with Crippen molar-refractivity contribution < 1.29 is 9.59 Å². The number of imide groups is 1. The van der Waals surface area contributed by atoms with E-state index in [0.717, 1.165) is 0 Å². The summed E-state index contributed by atoms with van der Waals surface area (Å²) >= 11 is 0. The number of carbonyl (C=O) groups excluding carboxylic acids is 2. The Balaban J connectivity index is 2.82. The lowest BCUT2D eigenvalue weighted by molar-refractivity contribution is -0.162. The van der Waals surface area contributed by atoms with Crippen LogP contribution < -0.4 is 0 Å². The van der Waals surface area contributed by atoms with E-state index in [1.807, 2.05) is 13.8 Å². The normalized spacial score (nSPS) is 20.2. The molecule has 1 saturated heterocycles. The van der Waals surface area contributed by atoms with Gasteiger partial charge in [-0.1, -0.05) is 6.58 Å². The smallest absolute Gasteiger partial charge is 0.256 e. The van der Waals surface area contributed by atoms with Crippen molar-refractivity contribution in [3.05, 3.63) is 12.2 Å². The Hall–Kier alpha value is -1.12. The molecule has 3 nitrogen and oxygen atoms in total. The quantitative estimate of drug-likeness (QED) is 0.433. The molecule has 12 heavy (non-hydrogen) atoms. The summed E-state index contributed by atoms with van der Waals surface area (Å²) in [5.41, 5.74) is 0.101. The Morgan fingerprint density at radius 2 is 2.08 bits per heavy atom. The SMILES string of the molecule is C=C(C)C(=O)N1C(=O)CC1(C)C. The highest BCUT2D eigenvalue weighted by molar-refractivity contribution is 6.08. The van der Waals surface area contributed by atoms with E-state index in [9.17, 15) is 9.59 Å². The first-order valence-electron chi connectivity index (χ1n) is 3.89. The summed E-state index contributed by atoms with van der Waals surface area (Å²) in [5, 5.41) is 0. The standard InChI is InChI=1S/C9H13NO2/c1-6(2)8(12)10-7(11)5-9(10,3)4/h1,5H2,2-4H3. The Kier molecular flexibility index (Phi) is 1.82. The fourth-order valence-electron chi connectivity index (χ4n) is 1.35. The van der Waals surface area contributed by atoms with Crippen molar-refractivity contribution in [2.75, 3.05) is 0 Å². The third-order valence-electron chi connectivity index (χ3n) is 2.01. The number of nitrogens with zero attached hydrogens (tertiary/aromatic N) is 1. The third-order valence-corrected chi connectivity index (χ3v) is 2.01. The third kappa shape index (κ3) is 1.15. The highest BCUT2D eigenvalue weighted by Gasteiger charge is 2.47. The molecule has 1 aliphatic heterocycles. The zero-order valence-corrected chi connectivity index (χ0v) is 7.68. The Morgan fingerprint density at radius 1 is 1.58 bits per heavy atom. The highest BCUT2D eigenvalue weighted by Crippen LogP contribution is 2.31. The number of rotatable bonds is 1. The van der Waals surface area contributed by atoms with Crippen molar-refractivity contribution >= 4 is 11.8 Å². The highest BCUT2D eigenvalue weighted by atomic mass is 16.2. The van der Waals surface area contributed by atoms with Crippen LogP contribution in [-0.2, 0) is 9.59 Å². The van der Waals surface area contributed by atoms with Gasteiger partial charge in [-0.3, -0.25) is 14.5 Å². The Bertz CT molecular complexity index is 266. The van der Waals surface area contributed by atoms with Gasteiger partial charge in [0.1, 0.15) is 0 Å². The first-order valence-corrected chi connectivity index (χ1v) is 3.89. The number of hydrogen-bond donors (Lipinski definition) is 0. The molecular formula is C9H13NO2. The van der Waals surface area contributed by atoms with Gasteiger partial charge in [-0.15, -0.1) is 0 Å². The van der Waals surface area contributed by atoms with Crippen molar-refractivity contribution in [2.45, 2.75) is 32.7 Å². The molecule has 0 radical (unpaired) electrons. The first-order chi connectivity index (χ1) is 5.36. The molecule has 2 amide bonds. The summed E-state index contributed by atoms with van der Waals surface area (Å²) in [5.74, 6) is -0.357. The summed E-state index contributed by atoms with van der Waals surface area (Å²) in [4.78, 5) is 23.7. The lowest BCUT2D eigenvalue weighted by Gasteiger charge is -2.45. The van der Waals surface area contributed by atoms with Crippen molar-refractivity contribution in [2.24, 2.45) is 0 Å². The monoisotopic (exact) mass is 167 g/mol. The molecule has 0 aromatic carbocycles. The molecule has 1 heterocycles. The van der Waals surface area contributed by atoms with Gasteiger partial charge < -0.3 is 0 Å². The molecule has 0 spiro atoms. The zero-order chi connectivity index (χ0) is 9.52. The molecule has 66 valence electrons. The van der Waals surface area contributed by atoms with Crippen LogP contribution in [0, 0.1) is 0 Å². The van der Waals surface area contributed by atoms with E-state index >= 15 is 0 Å². The molecule has 0 unspecified atom stereocenters. The van der Waals surface area contributed by atoms with E-state index in [1.54, 1.807) is 6.92 Å². The van der Waals surface area contributed by atoms with E-state index in [4.69, 9.17) is 0 Å². The van der Waals surface area contributed by atoms with Gasteiger partial charge in [-0.25, -0.2) is 0 Å². The van der Waals surface area contributed by atoms with Crippen molar-refractivity contribution in [3.63, 3.8) is 0 Å². The second kappa shape index (κ2) is 2.44. The minimum absolute atomic E-state index is 0.104. The number of carbonyl (C=O) groups is 2. The second-order valence-electron chi connectivity index (χ2n) is 3.80. The van der Waals surface area contributed by atoms with Gasteiger partial charge in [0.15, 0.2) is 0 Å². The van der Waals surface area contributed by atoms with Crippen molar-refractivity contribution in [3.8, 4) is 0 Å². The number of hydrogen-bond acceptors (Lipinski definition) is 2. The molecule has 1 aliphatic rings. The minimum Gasteiger partial charge on any atom is -0.274 e. The Labute approximate surface area is 72.0 Å². The molecule has 1 fully saturated rings. The molecule has 0 N–H and O–H groups in total. The maximum atomic E-state index is 11.4. The van der Waals surface area contributed by atoms with Gasteiger partial charge >= 0.3 is 0 Å². The van der Waals surface area contributed by atoms with Gasteiger partial charge in [-0.05, 0) is 20.8 Å². The van der Waals surface area contributed by atoms with Gasteiger partial charge in [0.05, 0.1) is 12.0 Å². The first kappa shape index (κ1) is 8.97. The lowest BCUT2D eigenvalue weighted by Crippen LogP contribution is -2.62. The van der Waals surface area contributed by atoms with Crippen LogP contribution in [-0.4, -0.2) is 22.3 Å². The summed E-state index contributed by atoms with van der Waals surface area (Å²) in [7, 11) is 0. The van der Waals surface area contributed by atoms with Crippen LogP contribution in [0.4, 0.5) is 0 Å². The Morgan fingerprint density at radius 3 is 2.25 bits per heavy atom. The maximum absolute atomic E-state index is 11.4. The average Bonchev–Trinajstić information content (AvgIpc) is 1.84. The maximum Gasteiger partial charge on any atom is 0.256 e. The van der Waals surface area contributed by atoms with Gasteiger partial charge in [0, 0.05) is 5.57 Å². The second-order valence-corrected chi connectivity index (χ2v) is 3.80. The van der Waals surface area contributed by atoms with Crippen molar-refractivity contribution in [1.29, 1.82) is 0 Å². The molecule has 0 aromatic heterocycles. The molecule has 0 bridgehead atoms.